The summed E-state index contributed by atoms with van der Waals surface area (Å²) in [5.74, 6) is 0.178. The maximum Gasteiger partial charge on any atom is 0.246 e. The number of nitrogens with zero attached hydrogens (tertiary/aromatic N) is 1. The first-order valence-corrected chi connectivity index (χ1v) is 9.96. The van der Waals surface area contributed by atoms with Crippen LogP contribution in [-0.4, -0.2) is 23.9 Å². The zero-order chi connectivity index (χ0) is 16.6. The molecule has 1 aliphatic rings. The standard InChI is InChI=1S/C21H37NO/c1-2-3-4-5-6-7-8-9-10-11-12-13-15-18-21(23)22-19-16-14-17-20-22/h12-13,15,18H,2-11,14,16-17,19-20H2,1H3/b13-12+,18-15+. The third-order valence-corrected chi connectivity index (χ3v) is 4.63. The predicted molar refractivity (Wildman–Crippen MR) is 101 cm³/mol. The summed E-state index contributed by atoms with van der Waals surface area (Å²) in [7, 11) is 0. The van der Waals surface area contributed by atoms with Crippen molar-refractivity contribution in [2.24, 2.45) is 0 Å². The summed E-state index contributed by atoms with van der Waals surface area (Å²) in [5.41, 5.74) is 0. The molecule has 1 heterocycles. The molecule has 0 spiro atoms. The van der Waals surface area contributed by atoms with Gasteiger partial charge < -0.3 is 4.90 Å². The lowest BCUT2D eigenvalue weighted by atomic mass is 10.1. The third-order valence-electron chi connectivity index (χ3n) is 4.63. The Morgan fingerprint density at radius 1 is 0.826 bits per heavy atom. The number of allylic oxidation sites excluding steroid dienone is 3. The maximum absolute atomic E-state index is 11.9. The van der Waals surface area contributed by atoms with Gasteiger partial charge in [-0.1, -0.05) is 76.5 Å². The van der Waals surface area contributed by atoms with Crippen molar-refractivity contribution in [3.05, 3.63) is 24.3 Å². The number of likely N-dealkylation sites (tertiary alicyclic amines) is 1. The van der Waals surface area contributed by atoms with E-state index in [1.165, 1.54) is 64.2 Å². The quantitative estimate of drug-likeness (QED) is 0.244. The number of carbonyl (C=O) groups excluding carboxylic acids is 1. The highest BCUT2D eigenvalue weighted by Crippen LogP contribution is 2.11. The Morgan fingerprint density at radius 2 is 1.43 bits per heavy atom. The predicted octanol–water partition coefficient (Wildman–Crippen LogP) is 6.03. The van der Waals surface area contributed by atoms with Gasteiger partial charge >= 0.3 is 0 Å². The average Bonchev–Trinajstić information content (AvgIpc) is 2.59. The molecule has 0 aromatic heterocycles. The number of amides is 1. The molecule has 0 aromatic carbocycles. The van der Waals surface area contributed by atoms with Crippen LogP contribution in [0.3, 0.4) is 0 Å². The first-order valence-electron chi connectivity index (χ1n) is 9.96. The third kappa shape index (κ3) is 11.2. The molecule has 132 valence electrons. The summed E-state index contributed by atoms with van der Waals surface area (Å²) in [4.78, 5) is 13.9. The van der Waals surface area contributed by atoms with Gasteiger partial charge in [0.2, 0.25) is 5.91 Å². The molecule has 0 aromatic rings. The molecule has 0 aliphatic carbocycles. The summed E-state index contributed by atoms with van der Waals surface area (Å²) >= 11 is 0. The van der Waals surface area contributed by atoms with Gasteiger partial charge in [0, 0.05) is 19.2 Å². The van der Waals surface area contributed by atoms with E-state index in [1.807, 2.05) is 17.1 Å². The molecule has 1 saturated heterocycles. The van der Waals surface area contributed by atoms with E-state index in [2.05, 4.69) is 13.0 Å². The first-order chi connectivity index (χ1) is 11.3. The highest BCUT2D eigenvalue weighted by molar-refractivity contribution is 5.87. The van der Waals surface area contributed by atoms with Crippen LogP contribution >= 0.6 is 0 Å². The van der Waals surface area contributed by atoms with E-state index in [4.69, 9.17) is 0 Å². The van der Waals surface area contributed by atoms with Crippen LogP contribution in [0, 0.1) is 0 Å². The van der Waals surface area contributed by atoms with Crippen LogP contribution in [0.25, 0.3) is 0 Å². The van der Waals surface area contributed by atoms with E-state index in [0.29, 0.717) is 0 Å². The fourth-order valence-corrected chi connectivity index (χ4v) is 3.11. The lowest BCUT2D eigenvalue weighted by Crippen LogP contribution is -2.34. The van der Waals surface area contributed by atoms with Crippen molar-refractivity contribution < 1.29 is 4.79 Å². The van der Waals surface area contributed by atoms with Gasteiger partial charge in [-0.05, 0) is 32.1 Å². The monoisotopic (exact) mass is 319 g/mol. The van der Waals surface area contributed by atoms with E-state index >= 15 is 0 Å². The first kappa shape index (κ1) is 20.0. The number of rotatable bonds is 12. The lowest BCUT2D eigenvalue weighted by molar-refractivity contribution is -0.126. The maximum atomic E-state index is 11.9. The van der Waals surface area contributed by atoms with Crippen molar-refractivity contribution in [2.75, 3.05) is 13.1 Å². The van der Waals surface area contributed by atoms with Crippen LogP contribution in [0.1, 0.15) is 90.4 Å². The number of piperidine rings is 1. The van der Waals surface area contributed by atoms with Gasteiger partial charge in [-0.25, -0.2) is 0 Å². The van der Waals surface area contributed by atoms with Crippen LogP contribution < -0.4 is 0 Å². The van der Waals surface area contributed by atoms with Crippen molar-refractivity contribution in [2.45, 2.75) is 90.4 Å². The Morgan fingerprint density at radius 3 is 2.09 bits per heavy atom. The lowest BCUT2D eigenvalue weighted by Gasteiger charge is -2.25. The zero-order valence-corrected chi connectivity index (χ0v) is 15.3. The van der Waals surface area contributed by atoms with E-state index in [9.17, 15) is 4.79 Å². The summed E-state index contributed by atoms with van der Waals surface area (Å²) < 4.78 is 0. The molecule has 1 rings (SSSR count). The van der Waals surface area contributed by atoms with Gasteiger partial charge in [-0.3, -0.25) is 4.79 Å². The Balaban J connectivity index is 1.91. The SMILES string of the molecule is CCCCCCCCCCC/C=C/C=C/C(=O)N1CCCCC1. The molecule has 0 radical (unpaired) electrons. The van der Waals surface area contributed by atoms with Crippen molar-refractivity contribution in [1.82, 2.24) is 4.90 Å². The summed E-state index contributed by atoms with van der Waals surface area (Å²) in [6.45, 7) is 4.14. The van der Waals surface area contributed by atoms with E-state index in [1.54, 1.807) is 6.08 Å². The van der Waals surface area contributed by atoms with Crippen molar-refractivity contribution in [1.29, 1.82) is 0 Å². The molecule has 0 atom stereocenters. The Hall–Kier alpha value is -1.05. The molecule has 23 heavy (non-hydrogen) atoms. The fourth-order valence-electron chi connectivity index (χ4n) is 3.11. The smallest absolute Gasteiger partial charge is 0.246 e. The molecule has 0 saturated carbocycles. The molecular formula is C21H37NO. The van der Waals surface area contributed by atoms with Gasteiger partial charge in [-0.2, -0.15) is 0 Å². The van der Waals surface area contributed by atoms with Gasteiger partial charge in [0.25, 0.3) is 0 Å². The summed E-state index contributed by atoms with van der Waals surface area (Å²) in [6, 6.07) is 0. The molecule has 0 unspecified atom stereocenters. The van der Waals surface area contributed by atoms with Crippen molar-refractivity contribution in [3.63, 3.8) is 0 Å². The highest BCUT2D eigenvalue weighted by Gasteiger charge is 2.12. The molecular weight excluding hydrogens is 282 g/mol. The zero-order valence-electron chi connectivity index (χ0n) is 15.3. The van der Waals surface area contributed by atoms with Crippen LogP contribution in [0.2, 0.25) is 0 Å². The highest BCUT2D eigenvalue weighted by atomic mass is 16.2. The van der Waals surface area contributed by atoms with Gasteiger partial charge in [0.15, 0.2) is 0 Å². The number of hydrogen-bond donors (Lipinski definition) is 0. The van der Waals surface area contributed by atoms with E-state index in [0.717, 1.165) is 32.4 Å². The Labute approximate surface area is 144 Å². The molecule has 2 nitrogen and oxygen atoms in total. The van der Waals surface area contributed by atoms with E-state index < -0.39 is 0 Å². The number of hydrogen-bond acceptors (Lipinski definition) is 1. The number of carbonyl (C=O) groups is 1. The molecule has 1 aliphatic heterocycles. The van der Waals surface area contributed by atoms with Crippen molar-refractivity contribution >= 4 is 5.91 Å². The summed E-state index contributed by atoms with van der Waals surface area (Å²) in [5, 5.41) is 0. The minimum Gasteiger partial charge on any atom is -0.339 e. The second kappa shape index (κ2) is 14.5. The fraction of sp³-hybridized carbons (Fsp3) is 0.762. The topological polar surface area (TPSA) is 20.3 Å². The summed E-state index contributed by atoms with van der Waals surface area (Å²) in [6.07, 6.45) is 25.0. The van der Waals surface area contributed by atoms with Gasteiger partial charge in [-0.15, -0.1) is 0 Å². The molecule has 1 fully saturated rings. The van der Waals surface area contributed by atoms with E-state index in [-0.39, 0.29) is 5.91 Å². The molecule has 0 bridgehead atoms. The number of unbranched alkanes of at least 4 members (excludes halogenated alkanes) is 9. The van der Waals surface area contributed by atoms with Crippen molar-refractivity contribution in [3.8, 4) is 0 Å². The Kier molecular flexibility index (Phi) is 12.6. The average molecular weight is 320 g/mol. The Bertz CT molecular complexity index is 340. The largest absolute Gasteiger partial charge is 0.339 e. The van der Waals surface area contributed by atoms with Gasteiger partial charge in [0.05, 0.1) is 0 Å². The second-order valence-corrected chi connectivity index (χ2v) is 6.79. The molecule has 0 N–H and O–H groups in total. The molecule has 1 amide bonds. The van der Waals surface area contributed by atoms with Crippen LogP contribution in [0.5, 0.6) is 0 Å². The minimum absolute atomic E-state index is 0.178. The minimum atomic E-state index is 0.178. The van der Waals surface area contributed by atoms with Crippen LogP contribution in [0.15, 0.2) is 24.3 Å². The molecule has 2 heteroatoms. The van der Waals surface area contributed by atoms with Crippen LogP contribution in [-0.2, 0) is 4.79 Å². The second-order valence-electron chi connectivity index (χ2n) is 6.79. The normalized spacial score (nSPS) is 15.8. The van der Waals surface area contributed by atoms with Gasteiger partial charge in [0.1, 0.15) is 0 Å². The van der Waals surface area contributed by atoms with Crippen LogP contribution in [0.4, 0.5) is 0 Å².